The largest absolute Gasteiger partial charge is 0.313 e. The van der Waals surface area contributed by atoms with E-state index in [9.17, 15) is 14.3 Å². The van der Waals surface area contributed by atoms with Crippen molar-refractivity contribution in [3.63, 3.8) is 0 Å². The first-order chi connectivity index (χ1) is 10.6. The Balaban J connectivity index is 1.80. The monoisotopic (exact) mass is 320 g/mol. The van der Waals surface area contributed by atoms with Crippen LogP contribution in [0.1, 0.15) is 19.3 Å². The predicted molar refractivity (Wildman–Crippen MR) is 83.1 cm³/mol. The number of aromatic nitrogens is 2. The smallest absolute Gasteiger partial charge is 0.271 e. The molecule has 8 heteroatoms. The highest BCUT2D eigenvalue weighted by Crippen LogP contribution is 2.19. The number of benzene rings is 1. The summed E-state index contributed by atoms with van der Waals surface area (Å²) in [6.45, 7) is 0.967. The summed E-state index contributed by atoms with van der Waals surface area (Å²) in [6.07, 6.45) is 4.80. The molecule has 1 saturated heterocycles. The van der Waals surface area contributed by atoms with Crippen molar-refractivity contribution in [3.8, 4) is 0 Å². The molecular formula is C14H16N4O3S. The van der Waals surface area contributed by atoms with E-state index < -0.39 is 15.7 Å². The van der Waals surface area contributed by atoms with E-state index in [1.165, 1.54) is 18.3 Å². The molecule has 0 amide bonds. The van der Waals surface area contributed by atoms with E-state index in [2.05, 4.69) is 15.3 Å². The molecule has 3 rings (SSSR count). The number of hydrogen-bond acceptors (Lipinski definition) is 6. The molecule has 1 aliphatic heterocycles. The molecule has 0 bridgehead atoms. The number of rotatable bonds is 4. The first-order valence-electron chi connectivity index (χ1n) is 7.16. The Hall–Kier alpha value is -1.93. The summed E-state index contributed by atoms with van der Waals surface area (Å²) in [4.78, 5) is 18.8. The highest BCUT2D eigenvalue weighted by atomic mass is 32.2. The number of non-ortho nitro benzene ring substituents is 1. The van der Waals surface area contributed by atoms with E-state index in [4.69, 9.17) is 0 Å². The molecule has 2 heterocycles. The SMILES string of the molecule is O=[N+]([O-])c1ccc2nc([S@](=O)C[C@@H]3CCCCN3)cnc2c1. The number of nitrogens with zero attached hydrogens (tertiary/aromatic N) is 3. The van der Waals surface area contributed by atoms with Crippen LogP contribution >= 0.6 is 0 Å². The zero-order valence-corrected chi connectivity index (χ0v) is 12.7. The molecular weight excluding hydrogens is 304 g/mol. The van der Waals surface area contributed by atoms with Crippen molar-refractivity contribution in [2.75, 3.05) is 12.3 Å². The molecule has 0 spiro atoms. The van der Waals surface area contributed by atoms with Gasteiger partial charge in [-0.15, -0.1) is 0 Å². The minimum absolute atomic E-state index is 0.0259. The maximum Gasteiger partial charge on any atom is 0.271 e. The highest BCUT2D eigenvalue weighted by molar-refractivity contribution is 7.85. The first-order valence-corrected chi connectivity index (χ1v) is 8.48. The van der Waals surface area contributed by atoms with Crippen LogP contribution in [0.15, 0.2) is 29.4 Å². The molecule has 0 saturated carbocycles. The second-order valence-electron chi connectivity index (χ2n) is 5.30. The number of nitro groups is 1. The molecule has 0 aliphatic carbocycles. The molecule has 1 aromatic heterocycles. The number of piperidine rings is 1. The molecule has 116 valence electrons. The van der Waals surface area contributed by atoms with Crippen molar-refractivity contribution in [1.29, 1.82) is 0 Å². The van der Waals surface area contributed by atoms with Crippen LogP contribution in [0.25, 0.3) is 11.0 Å². The van der Waals surface area contributed by atoms with Crippen LogP contribution in [0.3, 0.4) is 0 Å². The van der Waals surface area contributed by atoms with Gasteiger partial charge in [0.2, 0.25) is 0 Å². The fourth-order valence-electron chi connectivity index (χ4n) is 2.54. The molecule has 7 nitrogen and oxygen atoms in total. The van der Waals surface area contributed by atoms with Crippen LogP contribution in [0.5, 0.6) is 0 Å². The van der Waals surface area contributed by atoms with Crippen molar-refractivity contribution in [2.45, 2.75) is 30.3 Å². The Kier molecular flexibility index (Phi) is 4.39. The summed E-state index contributed by atoms with van der Waals surface area (Å²) in [6, 6.07) is 4.55. The summed E-state index contributed by atoms with van der Waals surface area (Å²) >= 11 is 0. The lowest BCUT2D eigenvalue weighted by Crippen LogP contribution is -2.38. The van der Waals surface area contributed by atoms with E-state index in [-0.39, 0.29) is 11.7 Å². The zero-order valence-electron chi connectivity index (χ0n) is 11.9. The van der Waals surface area contributed by atoms with Crippen molar-refractivity contribution >= 4 is 27.5 Å². The zero-order chi connectivity index (χ0) is 15.5. The van der Waals surface area contributed by atoms with Crippen LogP contribution in [0, 0.1) is 10.1 Å². The predicted octanol–water partition coefficient (Wildman–Crippen LogP) is 1.79. The van der Waals surface area contributed by atoms with Gasteiger partial charge in [0.25, 0.3) is 5.69 Å². The standard InChI is InChI=1S/C14H16N4O3S/c19-18(20)11-4-5-12-13(7-11)16-8-14(17-12)22(21)9-10-3-1-2-6-15-10/h4-5,7-8,10,15H,1-3,6,9H2/t10-,22+/m0/s1. The van der Waals surface area contributed by atoms with Gasteiger partial charge in [-0.1, -0.05) is 6.42 Å². The molecule has 1 aliphatic rings. The second-order valence-corrected chi connectivity index (χ2v) is 6.74. The van der Waals surface area contributed by atoms with Crippen LogP contribution in [0.4, 0.5) is 5.69 Å². The summed E-state index contributed by atoms with van der Waals surface area (Å²) in [5.41, 5.74) is 0.931. The fourth-order valence-corrected chi connectivity index (χ4v) is 3.73. The number of hydrogen-bond donors (Lipinski definition) is 1. The Labute approximate surface area is 129 Å². The molecule has 0 radical (unpaired) electrons. The normalized spacial score (nSPS) is 19.9. The molecule has 1 fully saturated rings. The Bertz CT molecular complexity index is 731. The summed E-state index contributed by atoms with van der Waals surface area (Å²) in [5.74, 6) is 0.521. The van der Waals surface area contributed by atoms with E-state index >= 15 is 0 Å². The van der Waals surface area contributed by atoms with Crippen molar-refractivity contribution in [2.24, 2.45) is 0 Å². The van der Waals surface area contributed by atoms with Gasteiger partial charge < -0.3 is 5.32 Å². The minimum Gasteiger partial charge on any atom is -0.313 e. The van der Waals surface area contributed by atoms with E-state index in [1.54, 1.807) is 6.07 Å². The maximum absolute atomic E-state index is 12.4. The molecule has 1 aromatic carbocycles. The van der Waals surface area contributed by atoms with Gasteiger partial charge in [0.05, 0.1) is 33.0 Å². The van der Waals surface area contributed by atoms with Crippen LogP contribution < -0.4 is 5.32 Å². The van der Waals surface area contributed by atoms with Crippen LogP contribution in [0.2, 0.25) is 0 Å². The summed E-state index contributed by atoms with van der Waals surface area (Å²) in [7, 11) is -1.22. The van der Waals surface area contributed by atoms with Gasteiger partial charge in [0.1, 0.15) is 5.03 Å². The molecule has 0 unspecified atom stereocenters. The van der Waals surface area contributed by atoms with Gasteiger partial charge >= 0.3 is 0 Å². The molecule has 22 heavy (non-hydrogen) atoms. The third kappa shape index (κ3) is 3.28. The van der Waals surface area contributed by atoms with E-state index in [1.807, 2.05) is 0 Å². The number of fused-ring (bicyclic) bond motifs is 1. The van der Waals surface area contributed by atoms with Gasteiger partial charge in [-0.25, -0.2) is 4.98 Å². The average molecular weight is 320 g/mol. The fraction of sp³-hybridized carbons (Fsp3) is 0.429. The van der Waals surface area contributed by atoms with Gasteiger partial charge in [0.15, 0.2) is 0 Å². The van der Waals surface area contributed by atoms with Crippen molar-refractivity contribution < 1.29 is 9.13 Å². The highest BCUT2D eigenvalue weighted by Gasteiger charge is 2.18. The summed E-state index contributed by atoms with van der Waals surface area (Å²) in [5, 5.41) is 14.5. The third-order valence-corrected chi connectivity index (χ3v) is 5.08. The second kappa shape index (κ2) is 6.45. The lowest BCUT2D eigenvalue weighted by atomic mass is 10.1. The lowest BCUT2D eigenvalue weighted by molar-refractivity contribution is -0.384. The van der Waals surface area contributed by atoms with Crippen LogP contribution in [-0.4, -0.2) is 37.4 Å². The van der Waals surface area contributed by atoms with E-state index in [0.29, 0.717) is 21.8 Å². The Morgan fingerprint density at radius 1 is 1.36 bits per heavy atom. The topological polar surface area (TPSA) is 98.0 Å². The van der Waals surface area contributed by atoms with Gasteiger partial charge in [0, 0.05) is 23.9 Å². The average Bonchev–Trinajstić information content (AvgIpc) is 2.54. The molecule has 2 atom stereocenters. The molecule has 2 aromatic rings. The van der Waals surface area contributed by atoms with Gasteiger partial charge in [-0.2, -0.15) is 0 Å². The van der Waals surface area contributed by atoms with Gasteiger partial charge in [-0.3, -0.25) is 19.3 Å². The Morgan fingerprint density at radius 2 is 2.23 bits per heavy atom. The first kappa shape index (κ1) is 15.0. The third-order valence-electron chi connectivity index (χ3n) is 3.71. The maximum atomic E-state index is 12.4. The quantitative estimate of drug-likeness (QED) is 0.681. The number of nitrogens with one attached hydrogen (secondary N) is 1. The molecule has 1 N–H and O–H groups in total. The minimum atomic E-state index is -1.22. The Morgan fingerprint density at radius 3 is 2.95 bits per heavy atom. The van der Waals surface area contributed by atoms with Crippen molar-refractivity contribution in [3.05, 3.63) is 34.5 Å². The van der Waals surface area contributed by atoms with E-state index in [0.717, 1.165) is 25.8 Å². The summed E-state index contributed by atoms with van der Waals surface area (Å²) < 4.78 is 12.4. The van der Waals surface area contributed by atoms with Crippen LogP contribution in [-0.2, 0) is 10.8 Å². The van der Waals surface area contributed by atoms with Gasteiger partial charge in [-0.05, 0) is 25.5 Å². The van der Waals surface area contributed by atoms with Crippen molar-refractivity contribution in [1.82, 2.24) is 15.3 Å². The lowest BCUT2D eigenvalue weighted by Gasteiger charge is -2.22. The number of nitro benzene ring substituents is 1.